The Kier molecular flexibility index (Phi) is 4.96. The van der Waals surface area contributed by atoms with Crippen molar-refractivity contribution < 1.29 is 13.2 Å². The summed E-state index contributed by atoms with van der Waals surface area (Å²) in [7, 11) is 0. The lowest BCUT2D eigenvalue weighted by Crippen LogP contribution is -2.43. The van der Waals surface area contributed by atoms with Crippen molar-refractivity contribution in [3.8, 4) is 0 Å². The molecule has 1 aliphatic rings. The summed E-state index contributed by atoms with van der Waals surface area (Å²) in [6.45, 7) is 5.45. The molecule has 1 fully saturated rings. The number of rotatable bonds is 3. The quantitative estimate of drug-likeness (QED) is 0.856. The van der Waals surface area contributed by atoms with Crippen molar-refractivity contribution in [2.24, 2.45) is 0 Å². The van der Waals surface area contributed by atoms with Crippen LogP contribution in [0.4, 0.5) is 18.9 Å². The Morgan fingerprint density at radius 2 is 1.92 bits per heavy atom. The Balaban J connectivity index is 1.90. The van der Waals surface area contributed by atoms with E-state index in [4.69, 9.17) is 0 Å². The van der Waals surface area contributed by atoms with Crippen molar-refractivity contribution in [2.75, 3.05) is 31.1 Å². The van der Waals surface area contributed by atoms with Gasteiger partial charge in [0.25, 0.3) is 0 Å². The Hall–Kier alpha value is -1.80. The summed E-state index contributed by atoms with van der Waals surface area (Å²) in [4.78, 5) is 10.7. The molecule has 2 heterocycles. The molecule has 4 nitrogen and oxygen atoms in total. The molecule has 1 aliphatic heterocycles. The number of hydrogen-bond donors (Lipinski definition) is 1. The van der Waals surface area contributed by atoms with Gasteiger partial charge in [-0.05, 0) is 42.4 Å². The minimum absolute atomic E-state index is 0.104. The molecule has 0 amide bonds. The Morgan fingerprint density at radius 1 is 1.17 bits per heavy atom. The van der Waals surface area contributed by atoms with Crippen LogP contribution in [0.2, 0.25) is 0 Å². The zero-order chi connectivity index (χ0) is 17.2. The van der Waals surface area contributed by atoms with Crippen LogP contribution < -0.4 is 10.2 Å². The molecule has 0 unspecified atom stereocenters. The molecule has 3 rings (SSSR count). The van der Waals surface area contributed by atoms with Gasteiger partial charge >= 0.3 is 6.18 Å². The average molecular weight is 354 g/mol. The number of benzene rings is 1. The molecule has 8 heteroatoms. The third kappa shape index (κ3) is 3.99. The van der Waals surface area contributed by atoms with Crippen LogP contribution in [0.15, 0.2) is 40.5 Å². The number of nitrogens with zero attached hydrogens (tertiary/aromatic N) is 3. The predicted octanol–water partition coefficient (Wildman–Crippen LogP) is 3.36. The highest BCUT2D eigenvalue weighted by Crippen LogP contribution is 2.36. The summed E-state index contributed by atoms with van der Waals surface area (Å²) >= 11 is 1.17. The van der Waals surface area contributed by atoms with Crippen molar-refractivity contribution in [3.63, 3.8) is 0 Å². The molecular weight excluding hydrogens is 337 g/mol. The standard InChI is InChI=1S/C16H17F3N4S/c1-11-2-3-12(23-8-6-20-7-9-23)13(10-11)24-15-21-5-4-14(22-15)16(17,18)19/h2-5,10,20H,6-9H2,1H3. The molecule has 1 aromatic heterocycles. The van der Waals surface area contributed by atoms with Gasteiger partial charge in [0.1, 0.15) is 5.69 Å². The summed E-state index contributed by atoms with van der Waals surface area (Å²) in [5.41, 5.74) is 1.13. The first-order valence-electron chi connectivity index (χ1n) is 7.58. The van der Waals surface area contributed by atoms with Crippen molar-refractivity contribution in [1.82, 2.24) is 15.3 Å². The van der Waals surface area contributed by atoms with E-state index in [-0.39, 0.29) is 5.16 Å². The highest BCUT2D eigenvalue weighted by molar-refractivity contribution is 7.99. The van der Waals surface area contributed by atoms with Crippen LogP contribution in [0.1, 0.15) is 11.3 Å². The van der Waals surface area contributed by atoms with Crippen LogP contribution in [0, 0.1) is 6.92 Å². The van der Waals surface area contributed by atoms with Gasteiger partial charge in [0.15, 0.2) is 5.16 Å². The number of nitrogens with one attached hydrogen (secondary N) is 1. The Bertz CT molecular complexity index is 715. The van der Waals surface area contributed by atoms with Gasteiger partial charge in [0, 0.05) is 37.3 Å². The maximum atomic E-state index is 12.8. The molecule has 2 aromatic rings. The fourth-order valence-corrected chi connectivity index (χ4v) is 3.52. The Labute approximate surface area is 142 Å². The van der Waals surface area contributed by atoms with E-state index in [0.717, 1.165) is 54.6 Å². The van der Waals surface area contributed by atoms with Crippen LogP contribution in [0.3, 0.4) is 0 Å². The molecule has 0 atom stereocenters. The zero-order valence-electron chi connectivity index (χ0n) is 13.1. The van der Waals surface area contributed by atoms with E-state index in [1.165, 1.54) is 11.8 Å². The zero-order valence-corrected chi connectivity index (χ0v) is 13.9. The van der Waals surface area contributed by atoms with E-state index >= 15 is 0 Å². The number of halogens is 3. The largest absolute Gasteiger partial charge is 0.433 e. The second kappa shape index (κ2) is 6.98. The number of hydrogen-bond acceptors (Lipinski definition) is 5. The molecule has 1 N–H and O–H groups in total. The SMILES string of the molecule is Cc1ccc(N2CCNCC2)c(Sc2nccc(C(F)(F)F)n2)c1. The topological polar surface area (TPSA) is 41.0 Å². The lowest BCUT2D eigenvalue weighted by Gasteiger charge is -2.31. The van der Waals surface area contributed by atoms with Crippen molar-refractivity contribution in [2.45, 2.75) is 23.2 Å². The molecular formula is C16H17F3N4S. The first kappa shape index (κ1) is 17.0. The molecule has 1 aromatic carbocycles. The summed E-state index contributed by atoms with van der Waals surface area (Å²) in [6.07, 6.45) is -3.31. The monoisotopic (exact) mass is 354 g/mol. The van der Waals surface area contributed by atoms with Gasteiger partial charge in [-0.1, -0.05) is 6.07 Å². The van der Waals surface area contributed by atoms with Gasteiger partial charge in [-0.2, -0.15) is 13.2 Å². The van der Waals surface area contributed by atoms with Gasteiger partial charge < -0.3 is 10.2 Å². The van der Waals surface area contributed by atoms with Gasteiger partial charge in [0.2, 0.25) is 0 Å². The molecule has 0 bridgehead atoms. The van der Waals surface area contributed by atoms with Gasteiger partial charge in [-0.3, -0.25) is 0 Å². The van der Waals surface area contributed by atoms with E-state index in [9.17, 15) is 13.2 Å². The average Bonchev–Trinajstić information content (AvgIpc) is 2.55. The number of aromatic nitrogens is 2. The normalized spacial score (nSPS) is 15.6. The highest BCUT2D eigenvalue weighted by Gasteiger charge is 2.33. The third-order valence-corrected chi connectivity index (χ3v) is 4.62. The van der Waals surface area contributed by atoms with Crippen LogP contribution >= 0.6 is 11.8 Å². The summed E-state index contributed by atoms with van der Waals surface area (Å²) in [5.74, 6) is 0. The summed E-state index contributed by atoms with van der Waals surface area (Å²) < 4.78 is 38.5. The third-order valence-electron chi connectivity index (χ3n) is 3.70. The number of aryl methyl sites for hydroxylation is 1. The lowest BCUT2D eigenvalue weighted by atomic mass is 10.2. The van der Waals surface area contributed by atoms with Gasteiger partial charge in [-0.15, -0.1) is 0 Å². The molecule has 24 heavy (non-hydrogen) atoms. The molecule has 0 saturated carbocycles. The second-order valence-electron chi connectivity index (χ2n) is 5.53. The van der Waals surface area contributed by atoms with E-state index in [1.54, 1.807) is 0 Å². The summed E-state index contributed by atoms with van der Waals surface area (Å²) in [5, 5.41) is 3.39. The maximum Gasteiger partial charge on any atom is 0.433 e. The minimum atomic E-state index is -4.47. The van der Waals surface area contributed by atoms with Gasteiger partial charge in [0.05, 0.1) is 5.69 Å². The predicted molar refractivity (Wildman–Crippen MR) is 87.4 cm³/mol. The van der Waals surface area contributed by atoms with E-state index in [1.807, 2.05) is 25.1 Å². The first-order chi connectivity index (χ1) is 11.4. The fraction of sp³-hybridized carbons (Fsp3) is 0.375. The molecule has 128 valence electrons. The minimum Gasteiger partial charge on any atom is -0.368 e. The van der Waals surface area contributed by atoms with E-state index < -0.39 is 11.9 Å². The highest BCUT2D eigenvalue weighted by atomic mass is 32.2. The Morgan fingerprint density at radius 3 is 2.62 bits per heavy atom. The lowest BCUT2D eigenvalue weighted by molar-refractivity contribution is -0.141. The van der Waals surface area contributed by atoms with E-state index in [0.29, 0.717) is 0 Å². The van der Waals surface area contributed by atoms with Crippen molar-refractivity contribution in [1.29, 1.82) is 0 Å². The fourth-order valence-electron chi connectivity index (χ4n) is 2.52. The van der Waals surface area contributed by atoms with Gasteiger partial charge in [-0.25, -0.2) is 9.97 Å². The molecule has 0 spiro atoms. The van der Waals surface area contributed by atoms with Crippen molar-refractivity contribution in [3.05, 3.63) is 41.7 Å². The van der Waals surface area contributed by atoms with Crippen LogP contribution in [0.5, 0.6) is 0 Å². The second-order valence-corrected chi connectivity index (χ2v) is 6.54. The maximum absolute atomic E-state index is 12.8. The smallest absolute Gasteiger partial charge is 0.368 e. The van der Waals surface area contributed by atoms with Crippen LogP contribution in [-0.4, -0.2) is 36.1 Å². The van der Waals surface area contributed by atoms with Crippen LogP contribution in [-0.2, 0) is 6.18 Å². The number of piperazine rings is 1. The molecule has 0 radical (unpaired) electrons. The summed E-state index contributed by atoms with van der Waals surface area (Å²) in [6, 6.07) is 6.87. The van der Waals surface area contributed by atoms with E-state index in [2.05, 4.69) is 20.2 Å². The molecule has 0 aliphatic carbocycles. The van der Waals surface area contributed by atoms with Crippen LogP contribution in [0.25, 0.3) is 0 Å². The number of alkyl halides is 3. The van der Waals surface area contributed by atoms with Crippen molar-refractivity contribution >= 4 is 17.4 Å². The number of anilines is 1. The molecule has 1 saturated heterocycles. The first-order valence-corrected chi connectivity index (χ1v) is 8.39.